The average molecular weight is 271 g/mol. The molecule has 0 spiro atoms. The number of fused-ring (bicyclic) bond motifs is 1. The number of hydrogen-bond acceptors (Lipinski definition) is 5. The summed E-state index contributed by atoms with van der Waals surface area (Å²) < 4.78 is 0. The Balaban J connectivity index is 2.11. The van der Waals surface area contributed by atoms with Gasteiger partial charge in [-0.05, 0) is 32.0 Å². The van der Waals surface area contributed by atoms with Crippen molar-refractivity contribution < 1.29 is 5.11 Å². The number of benzene rings is 1. The molecule has 0 aliphatic rings. The van der Waals surface area contributed by atoms with E-state index >= 15 is 0 Å². The van der Waals surface area contributed by atoms with Gasteiger partial charge >= 0.3 is 0 Å². The van der Waals surface area contributed by atoms with E-state index in [0.717, 1.165) is 32.2 Å². The summed E-state index contributed by atoms with van der Waals surface area (Å²) >= 11 is 1.52. The lowest BCUT2D eigenvalue weighted by Crippen LogP contribution is -1.88. The highest BCUT2D eigenvalue weighted by atomic mass is 32.1. The molecule has 3 aromatic rings. The van der Waals surface area contributed by atoms with Gasteiger partial charge in [-0.3, -0.25) is 9.97 Å². The highest BCUT2D eigenvalue weighted by Crippen LogP contribution is 2.32. The second kappa shape index (κ2) is 4.68. The summed E-state index contributed by atoms with van der Waals surface area (Å²) in [5.41, 5.74) is 3.61. The van der Waals surface area contributed by atoms with E-state index < -0.39 is 6.10 Å². The molecule has 0 aliphatic heterocycles. The smallest absolute Gasteiger partial charge is 0.124 e. The zero-order chi connectivity index (χ0) is 13.4. The number of aromatic nitrogens is 3. The molecule has 0 saturated carbocycles. The van der Waals surface area contributed by atoms with Crippen LogP contribution in [0.25, 0.3) is 21.6 Å². The Bertz CT molecular complexity index is 736. The Morgan fingerprint density at radius 1 is 1.16 bits per heavy atom. The predicted molar refractivity (Wildman–Crippen MR) is 76.0 cm³/mol. The van der Waals surface area contributed by atoms with Gasteiger partial charge in [0.1, 0.15) is 5.01 Å². The molecule has 2 aromatic heterocycles. The van der Waals surface area contributed by atoms with Crippen LogP contribution in [0.4, 0.5) is 0 Å². The van der Waals surface area contributed by atoms with Crippen molar-refractivity contribution >= 4 is 22.4 Å². The topological polar surface area (TPSA) is 58.9 Å². The molecular formula is C14H13N3OS. The summed E-state index contributed by atoms with van der Waals surface area (Å²) in [6, 6.07) is 5.91. The predicted octanol–water partition coefficient (Wildman–Crippen LogP) is 3.12. The molecule has 0 amide bonds. The first-order valence-electron chi connectivity index (χ1n) is 6.01. The van der Waals surface area contributed by atoms with Crippen LogP contribution in [-0.4, -0.2) is 20.1 Å². The largest absolute Gasteiger partial charge is 0.388 e. The second-order valence-electron chi connectivity index (χ2n) is 4.40. The molecule has 1 aromatic carbocycles. The van der Waals surface area contributed by atoms with Crippen molar-refractivity contribution in [2.75, 3.05) is 0 Å². The van der Waals surface area contributed by atoms with Crippen molar-refractivity contribution in [3.63, 3.8) is 0 Å². The summed E-state index contributed by atoms with van der Waals surface area (Å²) in [5.74, 6) is 0. The van der Waals surface area contributed by atoms with Crippen molar-refractivity contribution in [2.45, 2.75) is 20.0 Å². The normalized spacial score (nSPS) is 12.8. The first-order valence-corrected chi connectivity index (χ1v) is 6.83. The fourth-order valence-electron chi connectivity index (χ4n) is 2.02. The minimum atomic E-state index is -0.480. The molecule has 1 unspecified atom stereocenters. The van der Waals surface area contributed by atoms with Gasteiger partial charge in [-0.2, -0.15) is 0 Å². The molecule has 1 N–H and O–H groups in total. The van der Waals surface area contributed by atoms with Crippen LogP contribution in [0.1, 0.15) is 23.6 Å². The van der Waals surface area contributed by atoms with Crippen LogP contribution in [0, 0.1) is 6.92 Å². The molecule has 4 nitrogen and oxygen atoms in total. The number of aliphatic hydroxyl groups is 1. The molecule has 0 bridgehead atoms. The van der Waals surface area contributed by atoms with Crippen LogP contribution in [-0.2, 0) is 0 Å². The summed E-state index contributed by atoms with van der Waals surface area (Å²) in [7, 11) is 0. The molecule has 0 saturated heterocycles. The maximum atomic E-state index is 9.68. The zero-order valence-corrected chi connectivity index (χ0v) is 11.5. The molecule has 3 rings (SSSR count). The summed E-state index contributed by atoms with van der Waals surface area (Å²) in [5, 5.41) is 10.6. The minimum Gasteiger partial charge on any atom is -0.388 e. The third-order valence-electron chi connectivity index (χ3n) is 2.93. The van der Waals surface area contributed by atoms with Gasteiger partial charge in [0.15, 0.2) is 0 Å². The minimum absolute atomic E-state index is 0.480. The Hall–Kier alpha value is -1.85. The van der Waals surface area contributed by atoms with E-state index in [1.807, 2.05) is 25.1 Å². The van der Waals surface area contributed by atoms with Crippen LogP contribution >= 0.6 is 11.3 Å². The summed E-state index contributed by atoms with van der Waals surface area (Å²) in [6.45, 7) is 3.68. The van der Waals surface area contributed by atoms with E-state index in [2.05, 4.69) is 15.0 Å². The van der Waals surface area contributed by atoms with Gasteiger partial charge in [0.25, 0.3) is 0 Å². The van der Waals surface area contributed by atoms with E-state index in [4.69, 9.17) is 0 Å². The first kappa shape index (κ1) is 12.2. The van der Waals surface area contributed by atoms with Crippen LogP contribution in [0.5, 0.6) is 0 Å². The first-order chi connectivity index (χ1) is 9.15. The molecule has 96 valence electrons. The van der Waals surface area contributed by atoms with E-state index in [0.29, 0.717) is 0 Å². The number of aryl methyl sites for hydroxylation is 1. The van der Waals surface area contributed by atoms with Crippen molar-refractivity contribution in [1.29, 1.82) is 0 Å². The molecular weight excluding hydrogens is 258 g/mol. The van der Waals surface area contributed by atoms with Gasteiger partial charge in [-0.1, -0.05) is 0 Å². The fourth-order valence-corrected chi connectivity index (χ4v) is 3.02. The molecule has 2 heterocycles. The maximum absolute atomic E-state index is 9.68. The quantitative estimate of drug-likeness (QED) is 0.778. The van der Waals surface area contributed by atoms with Gasteiger partial charge < -0.3 is 5.11 Å². The molecule has 0 fully saturated rings. The highest BCUT2D eigenvalue weighted by Gasteiger charge is 2.13. The van der Waals surface area contributed by atoms with Gasteiger partial charge in [-0.25, -0.2) is 4.98 Å². The Morgan fingerprint density at radius 3 is 2.58 bits per heavy atom. The van der Waals surface area contributed by atoms with Crippen LogP contribution in [0.15, 0.2) is 30.6 Å². The SMILES string of the molecule is Cc1nc(-c2ccc3nccnc3c2)sc1C(C)O. The van der Waals surface area contributed by atoms with Gasteiger partial charge in [-0.15, -0.1) is 11.3 Å². The van der Waals surface area contributed by atoms with E-state index in [1.165, 1.54) is 11.3 Å². The van der Waals surface area contributed by atoms with Crippen molar-refractivity contribution in [2.24, 2.45) is 0 Å². The van der Waals surface area contributed by atoms with E-state index in [9.17, 15) is 5.11 Å². The molecule has 0 radical (unpaired) electrons. The number of thiazole rings is 1. The zero-order valence-electron chi connectivity index (χ0n) is 10.7. The van der Waals surface area contributed by atoms with Gasteiger partial charge in [0.2, 0.25) is 0 Å². The lowest BCUT2D eigenvalue weighted by Gasteiger charge is -1.99. The van der Waals surface area contributed by atoms with Crippen LogP contribution in [0.3, 0.4) is 0 Å². The average Bonchev–Trinajstić information content (AvgIpc) is 2.80. The molecule has 1 atom stereocenters. The van der Waals surface area contributed by atoms with Crippen LogP contribution in [0.2, 0.25) is 0 Å². The third kappa shape index (κ3) is 2.22. The lowest BCUT2D eigenvalue weighted by molar-refractivity contribution is 0.202. The Morgan fingerprint density at radius 2 is 1.89 bits per heavy atom. The third-order valence-corrected chi connectivity index (χ3v) is 4.30. The number of rotatable bonds is 2. The lowest BCUT2D eigenvalue weighted by atomic mass is 10.2. The fraction of sp³-hybridized carbons (Fsp3) is 0.214. The second-order valence-corrected chi connectivity index (χ2v) is 5.44. The maximum Gasteiger partial charge on any atom is 0.124 e. The molecule has 0 aliphatic carbocycles. The van der Waals surface area contributed by atoms with Gasteiger partial charge in [0, 0.05) is 18.0 Å². The summed E-state index contributed by atoms with van der Waals surface area (Å²) in [4.78, 5) is 14.0. The number of aliphatic hydroxyl groups excluding tert-OH is 1. The van der Waals surface area contributed by atoms with Crippen LogP contribution < -0.4 is 0 Å². The monoisotopic (exact) mass is 271 g/mol. The van der Waals surface area contributed by atoms with E-state index in [-0.39, 0.29) is 0 Å². The molecule has 5 heteroatoms. The Labute approximate surface area is 114 Å². The Kier molecular flexibility index (Phi) is 3.00. The number of hydrogen-bond donors (Lipinski definition) is 1. The van der Waals surface area contributed by atoms with Crippen molar-refractivity contribution in [3.05, 3.63) is 41.2 Å². The van der Waals surface area contributed by atoms with Crippen molar-refractivity contribution in [1.82, 2.24) is 15.0 Å². The summed E-state index contributed by atoms with van der Waals surface area (Å²) in [6.07, 6.45) is 2.88. The number of nitrogens with zero attached hydrogens (tertiary/aromatic N) is 3. The van der Waals surface area contributed by atoms with Gasteiger partial charge in [0.05, 0.1) is 27.7 Å². The molecule has 19 heavy (non-hydrogen) atoms. The van der Waals surface area contributed by atoms with E-state index in [1.54, 1.807) is 19.3 Å². The standard InChI is InChI=1S/C14H13N3OS/c1-8-13(9(2)18)19-14(17-8)10-3-4-11-12(7-10)16-6-5-15-11/h3-7,9,18H,1-2H3. The van der Waals surface area contributed by atoms with Crippen molar-refractivity contribution in [3.8, 4) is 10.6 Å². The highest BCUT2D eigenvalue weighted by molar-refractivity contribution is 7.15.